The van der Waals surface area contributed by atoms with Gasteiger partial charge < -0.3 is 4.74 Å². The lowest BCUT2D eigenvalue weighted by atomic mass is 10.3. The summed E-state index contributed by atoms with van der Waals surface area (Å²) < 4.78 is 31.9. The summed E-state index contributed by atoms with van der Waals surface area (Å²) in [5.74, 6) is 0. The molecule has 0 N–H and O–H groups in total. The number of sulfonamides is 1. The Morgan fingerprint density at radius 2 is 2.10 bits per heavy atom. The summed E-state index contributed by atoms with van der Waals surface area (Å²) >= 11 is 0. The highest BCUT2D eigenvalue weighted by molar-refractivity contribution is 7.89. The topological polar surface area (TPSA) is 89.8 Å². The van der Waals surface area contributed by atoms with Crippen LogP contribution in [0.15, 0.2) is 29.2 Å². The Labute approximate surface area is 117 Å². The van der Waals surface area contributed by atoms with E-state index in [1.165, 1.54) is 28.6 Å². The molecule has 0 aromatic heterocycles. The molecule has 8 heteroatoms. The predicted molar refractivity (Wildman–Crippen MR) is 71.9 cm³/mol. The average molecular weight is 300 g/mol. The molecule has 0 bridgehead atoms. The number of benzene rings is 1. The fourth-order valence-electron chi connectivity index (χ4n) is 2.19. The third kappa shape index (κ3) is 2.82. The molecule has 1 saturated heterocycles. The van der Waals surface area contributed by atoms with Gasteiger partial charge in [-0.2, -0.15) is 4.31 Å². The van der Waals surface area contributed by atoms with E-state index in [2.05, 4.69) is 0 Å². The molecular weight excluding hydrogens is 284 g/mol. The van der Waals surface area contributed by atoms with Crippen LogP contribution in [0.1, 0.15) is 13.3 Å². The van der Waals surface area contributed by atoms with E-state index in [1.54, 1.807) is 6.92 Å². The van der Waals surface area contributed by atoms with Crippen molar-refractivity contribution in [1.82, 2.24) is 4.31 Å². The van der Waals surface area contributed by atoms with Gasteiger partial charge >= 0.3 is 0 Å². The Kier molecular flexibility index (Phi) is 4.36. The van der Waals surface area contributed by atoms with Gasteiger partial charge in [0, 0.05) is 25.3 Å². The van der Waals surface area contributed by atoms with Crippen molar-refractivity contribution in [3.63, 3.8) is 0 Å². The number of nitro groups is 1. The second-order valence-corrected chi connectivity index (χ2v) is 6.48. The Bertz CT molecular complexity index is 602. The molecule has 0 unspecified atom stereocenters. The average Bonchev–Trinajstić information content (AvgIpc) is 2.63. The van der Waals surface area contributed by atoms with Crippen LogP contribution in [0.4, 0.5) is 5.69 Å². The lowest BCUT2D eigenvalue weighted by molar-refractivity contribution is -0.387. The number of para-hydroxylation sites is 1. The van der Waals surface area contributed by atoms with Crippen molar-refractivity contribution in [1.29, 1.82) is 0 Å². The summed E-state index contributed by atoms with van der Waals surface area (Å²) in [4.78, 5) is 10.1. The van der Waals surface area contributed by atoms with E-state index < -0.39 is 20.6 Å². The van der Waals surface area contributed by atoms with E-state index in [-0.39, 0.29) is 10.9 Å². The first-order valence-corrected chi connectivity index (χ1v) is 7.71. The van der Waals surface area contributed by atoms with Crippen molar-refractivity contribution in [3.8, 4) is 0 Å². The summed E-state index contributed by atoms with van der Waals surface area (Å²) in [6, 6.07) is 5.06. The van der Waals surface area contributed by atoms with Gasteiger partial charge in [-0.3, -0.25) is 10.1 Å². The van der Waals surface area contributed by atoms with Crippen LogP contribution in [0, 0.1) is 10.1 Å². The highest BCUT2D eigenvalue weighted by atomic mass is 32.2. The summed E-state index contributed by atoms with van der Waals surface area (Å²) in [6.07, 6.45) is 0.574. The molecular formula is C12H16N2O5S. The number of hydrogen-bond donors (Lipinski definition) is 0. The molecule has 1 aliphatic rings. The molecule has 1 aromatic rings. The smallest absolute Gasteiger partial charge is 0.289 e. The standard InChI is InChI=1S/C12H16N2O5S/c1-10-9-19-8-4-7-13(10)20(17,18)12-6-3-2-5-11(12)14(15)16/h2-3,5-6,10H,4,7-9H2,1H3/t10-/m1/s1. The van der Waals surface area contributed by atoms with Crippen molar-refractivity contribution >= 4 is 15.7 Å². The van der Waals surface area contributed by atoms with Gasteiger partial charge in [0.1, 0.15) is 0 Å². The molecule has 2 rings (SSSR count). The number of nitro benzene ring substituents is 1. The first kappa shape index (κ1) is 14.9. The monoisotopic (exact) mass is 300 g/mol. The molecule has 20 heavy (non-hydrogen) atoms. The molecule has 7 nitrogen and oxygen atoms in total. The lowest BCUT2D eigenvalue weighted by Gasteiger charge is -2.25. The molecule has 1 aromatic carbocycles. The maximum absolute atomic E-state index is 12.6. The van der Waals surface area contributed by atoms with Crippen LogP contribution in [0.5, 0.6) is 0 Å². The Balaban J connectivity index is 2.46. The van der Waals surface area contributed by atoms with Crippen LogP contribution in [0.25, 0.3) is 0 Å². The van der Waals surface area contributed by atoms with Crippen molar-refractivity contribution in [3.05, 3.63) is 34.4 Å². The van der Waals surface area contributed by atoms with E-state index in [0.717, 1.165) is 0 Å². The largest absolute Gasteiger partial charge is 0.380 e. The molecule has 0 aliphatic carbocycles. The molecule has 1 fully saturated rings. The van der Waals surface area contributed by atoms with Crippen molar-refractivity contribution in [2.24, 2.45) is 0 Å². The van der Waals surface area contributed by atoms with Crippen LogP contribution >= 0.6 is 0 Å². The van der Waals surface area contributed by atoms with Crippen LogP contribution in [-0.2, 0) is 14.8 Å². The van der Waals surface area contributed by atoms with E-state index in [0.29, 0.717) is 26.2 Å². The third-order valence-electron chi connectivity index (χ3n) is 3.17. The second-order valence-electron chi connectivity index (χ2n) is 4.62. The Morgan fingerprint density at radius 1 is 1.40 bits per heavy atom. The summed E-state index contributed by atoms with van der Waals surface area (Å²) in [7, 11) is -3.90. The second kappa shape index (κ2) is 5.86. The highest BCUT2D eigenvalue weighted by Gasteiger charge is 2.34. The first-order valence-electron chi connectivity index (χ1n) is 6.27. The van der Waals surface area contributed by atoms with E-state index in [9.17, 15) is 18.5 Å². The number of nitrogens with zero attached hydrogens (tertiary/aromatic N) is 2. The normalized spacial score (nSPS) is 21.4. The summed E-state index contributed by atoms with van der Waals surface area (Å²) in [6.45, 7) is 2.82. The van der Waals surface area contributed by atoms with Crippen LogP contribution in [-0.4, -0.2) is 43.4 Å². The summed E-state index contributed by atoms with van der Waals surface area (Å²) in [5.41, 5.74) is -0.398. The fourth-order valence-corrected chi connectivity index (χ4v) is 4.00. The lowest BCUT2D eigenvalue weighted by Crippen LogP contribution is -2.40. The van der Waals surface area contributed by atoms with Gasteiger partial charge in [-0.1, -0.05) is 12.1 Å². The Morgan fingerprint density at radius 3 is 2.80 bits per heavy atom. The minimum Gasteiger partial charge on any atom is -0.380 e. The predicted octanol–water partition coefficient (Wildman–Crippen LogP) is 1.39. The van der Waals surface area contributed by atoms with Crippen LogP contribution in [0.3, 0.4) is 0 Å². The van der Waals surface area contributed by atoms with Crippen LogP contribution in [0.2, 0.25) is 0 Å². The number of hydrogen-bond acceptors (Lipinski definition) is 5. The van der Waals surface area contributed by atoms with Gasteiger partial charge in [-0.05, 0) is 19.4 Å². The molecule has 0 amide bonds. The molecule has 0 saturated carbocycles. The van der Waals surface area contributed by atoms with Gasteiger partial charge in [0.15, 0.2) is 4.90 Å². The number of ether oxygens (including phenoxy) is 1. The van der Waals surface area contributed by atoms with E-state index >= 15 is 0 Å². The van der Waals surface area contributed by atoms with Crippen LogP contribution < -0.4 is 0 Å². The van der Waals surface area contributed by atoms with Crippen molar-refractivity contribution in [2.45, 2.75) is 24.3 Å². The molecule has 1 atom stereocenters. The van der Waals surface area contributed by atoms with Gasteiger partial charge in [0.25, 0.3) is 5.69 Å². The van der Waals surface area contributed by atoms with E-state index in [4.69, 9.17) is 4.74 Å². The van der Waals surface area contributed by atoms with Crippen molar-refractivity contribution in [2.75, 3.05) is 19.8 Å². The van der Waals surface area contributed by atoms with Gasteiger partial charge in [-0.15, -0.1) is 0 Å². The molecule has 1 aliphatic heterocycles. The van der Waals surface area contributed by atoms with Gasteiger partial charge in [-0.25, -0.2) is 8.42 Å². The maximum atomic E-state index is 12.6. The molecule has 0 radical (unpaired) electrons. The minimum atomic E-state index is -3.90. The van der Waals surface area contributed by atoms with E-state index in [1.807, 2.05) is 0 Å². The molecule has 0 spiro atoms. The fraction of sp³-hybridized carbons (Fsp3) is 0.500. The van der Waals surface area contributed by atoms with Gasteiger partial charge in [0.05, 0.1) is 11.5 Å². The molecule has 1 heterocycles. The quantitative estimate of drug-likeness (QED) is 0.621. The zero-order chi connectivity index (χ0) is 14.8. The maximum Gasteiger partial charge on any atom is 0.289 e. The third-order valence-corrected chi connectivity index (χ3v) is 5.23. The highest BCUT2D eigenvalue weighted by Crippen LogP contribution is 2.28. The molecule has 110 valence electrons. The summed E-state index contributed by atoms with van der Waals surface area (Å²) in [5, 5.41) is 11.0. The first-order chi connectivity index (χ1) is 9.44. The van der Waals surface area contributed by atoms with Crippen molar-refractivity contribution < 1.29 is 18.1 Å². The zero-order valence-electron chi connectivity index (χ0n) is 11.1. The zero-order valence-corrected chi connectivity index (χ0v) is 11.9. The SMILES string of the molecule is C[C@@H]1COCCCN1S(=O)(=O)c1ccccc1[N+](=O)[O-]. The Hall–Kier alpha value is -1.51. The minimum absolute atomic E-state index is 0.265. The van der Waals surface area contributed by atoms with Gasteiger partial charge in [0.2, 0.25) is 10.0 Å². The number of rotatable bonds is 3.